The van der Waals surface area contributed by atoms with Crippen molar-refractivity contribution >= 4 is 23.4 Å². The minimum atomic E-state index is -0.268. The molecule has 3 fully saturated rings. The number of rotatable bonds is 5. The monoisotopic (exact) mass is 397 g/mol. The van der Waals surface area contributed by atoms with E-state index < -0.39 is 0 Å². The SMILES string of the molecule is O=C(CNC(=O)c1ccc(N2CCCC2=O)cc1)N[C@H]1CC[C@H]2CCCC[C@@H]2C1. The molecule has 156 valence electrons. The van der Waals surface area contributed by atoms with Crippen LogP contribution in [-0.4, -0.2) is 36.9 Å². The number of fused-ring (bicyclic) bond motifs is 1. The van der Waals surface area contributed by atoms with E-state index in [-0.39, 0.29) is 30.3 Å². The molecule has 1 saturated heterocycles. The normalized spacial score (nSPS) is 26.7. The van der Waals surface area contributed by atoms with Gasteiger partial charge in [0.2, 0.25) is 11.8 Å². The zero-order valence-electron chi connectivity index (χ0n) is 17.0. The van der Waals surface area contributed by atoms with E-state index in [1.165, 1.54) is 32.1 Å². The fourth-order valence-corrected chi connectivity index (χ4v) is 5.26. The standard InChI is InChI=1S/C23H31N3O3/c27-21(25-19-10-7-16-4-1-2-5-18(16)14-19)15-24-23(29)17-8-11-20(12-9-17)26-13-3-6-22(26)28/h8-9,11-12,16,18-19H,1-7,10,13-15H2,(H,24,29)(H,25,27)/t16-,18-,19+/m1/s1. The summed E-state index contributed by atoms with van der Waals surface area (Å²) < 4.78 is 0. The second-order valence-electron chi connectivity index (χ2n) is 8.76. The Morgan fingerprint density at radius 3 is 2.45 bits per heavy atom. The molecule has 1 aromatic rings. The zero-order chi connectivity index (χ0) is 20.2. The van der Waals surface area contributed by atoms with Gasteiger partial charge in [0.15, 0.2) is 0 Å². The number of amides is 3. The summed E-state index contributed by atoms with van der Waals surface area (Å²) in [6.07, 6.45) is 10.1. The van der Waals surface area contributed by atoms with Gasteiger partial charge in [-0.3, -0.25) is 14.4 Å². The first-order chi connectivity index (χ1) is 14.1. The molecule has 2 aliphatic carbocycles. The van der Waals surface area contributed by atoms with E-state index in [9.17, 15) is 14.4 Å². The minimum absolute atomic E-state index is 0.00418. The number of anilines is 1. The van der Waals surface area contributed by atoms with Crippen LogP contribution >= 0.6 is 0 Å². The number of nitrogens with zero attached hydrogens (tertiary/aromatic N) is 1. The van der Waals surface area contributed by atoms with Gasteiger partial charge >= 0.3 is 0 Å². The first-order valence-corrected chi connectivity index (χ1v) is 11.1. The molecule has 6 heteroatoms. The molecule has 29 heavy (non-hydrogen) atoms. The molecule has 3 aliphatic rings. The predicted molar refractivity (Wildman–Crippen MR) is 112 cm³/mol. The fraction of sp³-hybridized carbons (Fsp3) is 0.609. The minimum Gasteiger partial charge on any atom is -0.352 e. The van der Waals surface area contributed by atoms with Crippen molar-refractivity contribution in [1.82, 2.24) is 10.6 Å². The fourth-order valence-electron chi connectivity index (χ4n) is 5.26. The van der Waals surface area contributed by atoms with Gasteiger partial charge in [-0.25, -0.2) is 0 Å². The summed E-state index contributed by atoms with van der Waals surface area (Å²) in [7, 11) is 0. The van der Waals surface area contributed by atoms with Crippen molar-refractivity contribution in [1.29, 1.82) is 0 Å². The molecule has 4 rings (SSSR count). The molecule has 2 saturated carbocycles. The van der Waals surface area contributed by atoms with Gasteiger partial charge in [-0.2, -0.15) is 0 Å². The summed E-state index contributed by atoms with van der Waals surface area (Å²) in [4.78, 5) is 38.2. The smallest absolute Gasteiger partial charge is 0.251 e. The quantitative estimate of drug-likeness (QED) is 0.802. The van der Waals surface area contributed by atoms with Crippen molar-refractivity contribution < 1.29 is 14.4 Å². The first-order valence-electron chi connectivity index (χ1n) is 11.1. The van der Waals surface area contributed by atoms with Gasteiger partial charge in [0, 0.05) is 30.3 Å². The lowest BCUT2D eigenvalue weighted by Crippen LogP contribution is -2.45. The Morgan fingerprint density at radius 2 is 1.72 bits per heavy atom. The van der Waals surface area contributed by atoms with Crippen LogP contribution in [0.3, 0.4) is 0 Å². The molecular formula is C23H31N3O3. The maximum Gasteiger partial charge on any atom is 0.251 e. The maximum absolute atomic E-state index is 12.4. The second-order valence-corrected chi connectivity index (χ2v) is 8.76. The number of carbonyl (C=O) groups excluding carboxylic acids is 3. The molecule has 1 aromatic carbocycles. The van der Waals surface area contributed by atoms with E-state index in [2.05, 4.69) is 10.6 Å². The number of nitrogens with one attached hydrogen (secondary N) is 2. The molecule has 0 spiro atoms. The molecule has 0 bridgehead atoms. The molecule has 0 aromatic heterocycles. The Labute approximate surface area is 172 Å². The van der Waals surface area contributed by atoms with Crippen LogP contribution in [-0.2, 0) is 9.59 Å². The largest absolute Gasteiger partial charge is 0.352 e. The van der Waals surface area contributed by atoms with E-state index in [1.807, 2.05) is 0 Å². The zero-order valence-corrected chi connectivity index (χ0v) is 17.0. The molecule has 6 nitrogen and oxygen atoms in total. The Bertz CT molecular complexity index is 761. The molecule has 3 atom stereocenters. The first kappa shape index (κ1) is 19.9. The van der Waals surface area contributed by atoms with Gasteiger partial charge in [-0.1, -0.05) is 25.7 Å². The van der Waals surface area contributed by atoms with E-state index in [0.29, 0.717) is 12.0 Å². The molecule has 1 heterocycles. The summed E-state index contributed by atoms with van der Waals surface area (Å²) in [6.45, 7) is 0.725. The lowest BCUT2D eigenvalue weighted by atomic mass is 9.69. The van der Waals surface area contributed by atoms with E-state index in [4.69, 9.17) is 0 Å². The lowest BCUT2D eigenvalue weighted by Gasteiger charge is -2.39. The van der Waals surface area contributed by atoms with Crippen LogP contribution in [0.5, 0.6) is 0 Å². The Balaban J connectivity index is 1.23. The third-order valence-electron chi connectivity index (χ3n) is 6.83. The molecule has 3 amide bonds. The van der Waals surface area contributed by atoms with E-state index in [1.54, 1.807) is 29.2 Å². The van der Waals surface area contributed by atoms with Crippen molar-refractivity contribution in [2.75, 3.05) is 18.0 Å². The number of hydrogen-bond donors (Lipinski definition) is 2. The Hall–Kier alpha value is -2.37. The van der Waals surface area contributed by atoms with Gasteiger partial charge in [0.05, 0.1) is 6.54 Å². The maximum atomic E-state index is 12.4. The van der Waals surface area contributed by atoms with Crippen LogP contribution in [0.15, 0.2) is 24.3 Å². The van der Waals surface area contributed by atoms with Crippen LogP contribution < -0.4 is 15.5 Å². The third kappa shape index (κ3) is 4.80. The average molecular weight is 398 g/mol. The molecule has 0 unspecified atom stereocenters. The van der Waals surface area contributed by atoms with Gasteiger partial charge in [0.25, 0.3) is 5.91 Å². The van der Waals surface area contributed by atoms with Gasteiger partial charge < -0.3 is 15.5 Å². The lowest BCUT2D eigenvalue weighted by molar-refractivity contribution is -0.121. The van der Waals surface area contributed by atoms with Crippen LogP contribution in [0, 0.1) is 11.8 Å². The van der Waals surface area contributed by atoms with Crippen LogP contribution in [0.1, 0.15) is 68.1 Å². The summed E-state index contributed by atoms with van der Waals surface area (Å²) >= 11 is 0. The summed E-state index contributed by atoms with van der Waals surface area (Å²) in [5.41, 5.74) is 1.32. The van der Waals surface area contributed by atoms with E-state index >= 15 is 0 Å². The van der Waals surface area contributed by atoms with Crippen molar-refractivity contribution in [3.05, 3.63) is 29.8 Å². The summed E-state index contributed by atoms with van der Waals surface area (Å²) in [5, 5.41) is 5.82. The predicted octanol–water partition coefficient (Wildman–Crippen LogP) is 3.02. The number of hydrogen-bond acceptors (Lipinski definition) is 3. The topological polar surface area (TPSA) is 78.5 Å². The highest BCUT2D eigenvalue weighted by Gasteiger charge is 2.32. The van der Waals surface area contributed by atoms with Crippen molar-refractivity contribution in [3.63, 3.8) is 0 Å². The highest BCUT2D eigenvalue weighted by Crippen LogP contribution is 2.40. The number of carbonyl (C=O) groups is 3. The van der Waals surface area contributed by atoms with Crippen LogP contribution in [0.2, 0.25) is 0 Å². The van der Waals surface area contributed by atoms with E-state index in [0.717, 1.165) is 43.3 Å². The molecule has 1 aliphatic heterocycles. The molecular weight excluding hydrogens is 366 g/mol. The van der Waals surface area contributed by atoms with Crippen molar-refractivity contribution in [2.24, 2.45) is 11.8 Å². The van der Waals surface area contributed by atoms with Crippen molar-refractivity contribution in [2.45, 2.75) is 63.8 Å². The number of benzene rings is 1. The molecule has 0 radical (unpaired) electrons. The van der Waals surface area contributed by atoms with Crippen molar-refractivity contribution in [3.8, 4) is 0 Å². The van der Waals surface area contributed by atoms with Crippen LogP contribution in [0.25, 0.3) is 0 Å². The van der Waals surface area contributed by atoms with Gasteiger partial charge in [-0.05, 0) is 61.8 Å². The summed E-state index contributed by atoms with van der Waals surface area (Å²) in [5.74, 6) is 1.36. The second kappa shape index (κ2) is 8.97. The summed E-state index contributed by atoms with van der Waals surface area (Å²) in [6, 6.07) is 7.25. The molecule has 2 N–H and O–H groups in total. The van der Waals surface area contributed by atoms with Crippen LogP contribution in [0.4, 0.5) is 5.69 Å². The highest BCUT2D eigenvalue weighted by atomic mass is 16.2. The average Bonchev–Trinajstić information content (AvgIpc) is 3.18. The van der Waals surface area contributed by atoms with Gasteiger partial charge in [-0.15, -0.1) is 0 Å². The Morgan fingerprint density at radius 1 is 0.966 bits per heavy atom. The Kier molecular flexibility index (Phi) is 6.16. The third-order valence-corrected chi connectivity index (χ3v) is 6.83. The van der Waals surface area contributed by atoms with Gasteiger partial charge in [0.1, 0.15) is 0 Å². The highest BCUT2D eigenvalue weighted by molar-refractivity contribution is 5.98.